The highest BCUT2D eigenvalue weighted by Gasteiger charge is 2.30. The Morgan fingerprint density at radius 2 is 1.00 bits per heavy atom. The van der Waals surface area contributed by atoms with Crippen molar-refractivity contribution in [3.8, 4) is 0 Å². The summed E-state index contributed by atoms with van der Waals surface area (Å²) >= 11 is 0. The molecule has 156 valence electrons. The molecule has 31 heavy (non-hydrogen) atoms. The van der Waals surface area contributed by atoms with Crippen molar-refractivity contribution in [2.45, 2.75) is 23.8 Å². The molecule has 0 saturated carbocycles. The predicted molar refractivity (Wildman–Crippen MR) is 125 cm³/mol. The van der Waals surface area contributed by atoms with Gasteiger partial charge in [-0.3, -0.25) is 0 Å². The molecule has 4 rings (SSSR count). The van der Waals surface area contributed by atoms with Crippen molar-refractivity contribution in [1.29, 1.82) is 0 Å². The summed E-state index contributed by atoms with van der Waals surface area (Å²) in [6.45, 7) is 1.94. The first-order chi connectivity index (χ1) is 15.0. The third-order valence-corrected chi connectivity index (χ3v) is 6.88. The van der Waals surface area contributed by atoms with E-state index in [9.17, 15) is 8.42 Å². The largest absolute Gasteiger partial charge is 0.241 e. The topological polar surface area (TPSA) is 46.2 Å². The molecule has 4 aromatic carbocycles. The Morgan fingerprint density at radius 1 is 0.581 bits per heavy atom. The number of aryl methyl sites for hydroxylation is 1. The standard InChI is InChI=1S/C27H25NO2S/c1-21-17-19-25(20-18-21)31(29,30)28-27(24-15-9-4-10-16-24)26(22-11-5-2-6-12-22)23-13-7-3-8-14-23/h2-20,26-28H,1H3/t27-/m1/s1. The molecular weight excluding hydrogens is 402 g/mol. The van der Waals surface area contributed by atoms with Crippen LogP contribution in [0.3, 0.4) is 0 Å². The molecule has 0 aliphatic heterocycles. The maximum absolute atomic E-state index is 13.4. The molecule has 4 heteroatoms. The van der Waals surface area contributed by atoms with Crippen LogP contribution in [0, 0.1) is 6.92 Å². The molecule has 0 saturated heterocycles. The summed E-state index contributed by atoms with van der Waals surface area (Å²) in [4.78, 5) is 0.263. The summed E-state index contributed by atoms with van der Waals surface area (Å²) in [5, 5.41) is 0. The SMILES string of the molecule is Cc1ccc(S(=O)(=O)N[C@H](c2ccccc2)C(c2ccccc2)c2ccccc2)cc1. The molecule has 0 radical (unpaired) electrons. The summed E-state index contributed by atoms with van der Waals surface area (Å²) in [5.41, 5.74) is 4.03. The van der Waals surface area contributed by atoms with E-state index in [-0.39, 0.29) is 10.8 Å². The quantitative estimate of drug-likeness (QED) is 0.402. The lowest BCUT2D eigenvalue weighted by Crippen LogP contribution is -2.33. The predicted octanol–water partition coefficient (Wildman–Crippen LogP) is 5.85. The van der Waals surface area contributed by atoms with Crippen molar-refractivity contribution < 1.29 is 8.42 Å². The average Bonchev–Trinajstić information content (AvgIpc) is 2.81. The zero-order valence-corrected chi connectivity index (χ0v) is 18.2. The van der Waals surface area contributed by atoms with Gasteiger partial charge in [0.15, 0.2) is 0 Å². The van der Waals surface area contributed by atoms with Crippen LogP contribution in [0.5, 0.6) is 0 Å². The van der Waals surface area contributed by atoms with Crippen molar-refractivity contribution in [1.82, 2.24) is 4.72 Å². The number of benzene rings is 4. The van der Waals surface area contributed by atoms with Crippen molar-refractivity contribution in [3.63, 3.8) is 0 Å². The van der Waals surface area contributed by atoms with Gasteiger partial charge in [-0.15, -0.1) is 0 Å². The monoisotopic (exact) mass is 427 g/mol. The summed E-state index contributed by atoms with van der Waals surface area (Å²) in [6, 6.07) is 36.3. The van der Waals surface area contributed by atoms with Gasteiger partial charge < -0.3 is 0 Å². The number of hydrogen-bond donors (Lipinski definition) is 1. The van der Waals surface area contributed by atoms with Crippen LogP contribution in [-0.2, 0) is 10.0 Å². The molecule has 0 aliphatic carbocycles. The molecule has 0 aliphatic rings. The second kappa shape index (κ2) is 9.29. The second-order valence-electron chi connectivity index (χ2n) is 7.62. The van der Waals surface area contributed by atoms with E-state index in [2.05, 4.69) is 4.72 Å². The summed E-state index contributed by atoms with van der Waals surface area (Å²) in [5.74, 6) is -0.190. The van der Waals surface area contributed by atoms with Crippen LogP contribution in [0.15, 0.2) is 120 Å². The molecular formula is C27H25NO2S. The Hall–Kier alpha value is -3.21. The molecule has 0 fully saturated rings. The van der Waals surface area contributed by atoms with Crippen LogP contribution in [0.2, 0.25) is 0 Å². The van der Waals surface area contributed by atoms with Gasteiger partial charge in [-0.05, 0) is 35.7 Å². The molecule has 0 heterocycles. The highest BCUT2D eigenvalue weighted by molar-refractivity contribution is 7.89. The van der Waals surface area contributed by atoms with E-state index in [4.69, 9.17) is 0 Å². The van der Waals surface area contributed by atoms with Crippen LogP contribution in [-0.4, -0.2) is 8.42 Å². The first-order valence-electron chi connectivity index (χ1n) is 10.3. The molecule has 3 nitrogen and oxygen atoms in total. The molecule has 0 bridgehead atoms. The van der Waals surface area contributed by atoms with Gasteiger partial charge in [0.05, 0.1) is 10.9 Å². The molecule has 0 aromatic heterocycles. The molecule has 0 amide bonds. The fraction of sp³-hybridized carbons (Fsp3) is 0.111. The molecule has 1 atom stereocenters. The number of hydrogen-bond acceptors (Lipinski definition) is 2. The third kappa shape index (κ3) is 4.93. The van der Waals surface area contributed by atoms with Gasteiger partial charge in [-0.2, -0.15) is 0 Å². The van der Waals surface area contributed by atoms with Gasteiger partial charge in [-0.25, -0.2) is 13.1 Å². The first-order valence-corrected chi connectivity index (χ1v) is 11.8. The number of rotatable bonds is 7. The molecule has 1 N–H and O–H groups in total. The Balaban J connectivity index is 1.84. The minimum atomic E-state index is -3.74. The minimum absolute atomic E-state index is 0.190. The van der Waals surface area contributed by atoms with E-state index in [0.717, 1.165) is 22.3 Å². The molecule has 0 spiro atoms. The van der Waals surface area contributed by atoms with Crippen LogP contribution >= 0.6 is 0 Å². The van der Waals surface area contributed by atoms with Crippen molar-refractivity contribution >= 4 is 10.0 Å². The summed E-state index contributed by atoms with van der Waals surface area (Å²) in [6.07, 6.45) is 0. The zero-order chi connectivity index (χ0) is 21.7. The smallest absolute Gasteiger partial charge is 0.207 e. The fourth-order valence-electron chi connectivity index (χ4n) is 3.84. The van der Waals surface area contributed by atoms with Gasteiger partial charge in [0.25, 0.3) is 0 Å². The van der Waals surface area contributed by atoms with Gasteiger partial charge >= 0.3 is 0 Å². The van der Waals surface area contributed by atoms with Crippen LogP contribution in [0.4, 0.5) is 0 Å². The van der Waals surface area contributed by atoms with Gasteiger partial charge in [0.1, 0.15) is 0 Å². The Bertz CT molecular complexity index is 1170. The third-order valence-electron chi connectivity index (χ3n) is 5.42. The Kier molecular flexibility index (Phi) is 6.31. The first kappa shape index (κ1) is 21.0. The van der Waals surface area contributed by atoms with E-state index in [0.29, 0.717) is 0 Å². The highest BCUT2D eigenvalue weighted by atomic mass is 32.2. The van der Waals surface area contributed by atoms with Gasteiger partial charge in [-0.1, -0.05) is 109 Å². The summed E-state index contributed by atoms with van der Waals surface area (Å²) < 4.78 is 29.8. The van der Waals surface area contributed by atoms with E-state index >= 15 is 0 Å². The highest BCUT2D eigenvalue weighted by Crippen LogP contribution is 2.37. The molecule has 0 unspecified atom stereocenters. The number of sulfonamides is 1. The van der Waals surface area contributed by atoms with Crippen molar-refractivity contribution in [3.05, 3.63) is 138 Å². The van der Waals surface area contributed by atoms with E-state index < -0.39 is 16.1 Å². The summed E-state index contributed by atoms with van der Waals surface area (Å²) in [7, 11) is -3.74. The van der Waals surface area contributed by atoms with Crippen LogP contribution in [0.25, 0.3) is 0 Å². The fourth-order valence-corrected chi connectivity index (χ4v) is 5.08. The Labute approximate surface area is 184 Å². The van der Waals surface area contributed by atoms with Crippen molar-refractivity contribution in [2.24, 2.45) is 0 Å². The zero-order valence-electron chi connectivity index (χ0n) is 17.3. The van der Waals surface area contributed by atoms with Gasteiger partial charge in [0.2, 0.25) is 10.0 Å². The van der Waals surface area contributed by atoms with E-state index in [1.54, 1.807) is 12.1 Å². The van der Waals surface area contributed by atoms with Crippen LogP contribution < -0.4 is 4.72 Å². The lowest BCUT2D eigenvalue weighted by atomic mass is 9.82. The van der Waals surface area contributed by atoms with E-state index in [1.807, 2.05) is 110 Å². The Morgan fingerprint density at radius 3 is 1.45 bits per heavy atom. The lowest BCUT2D eigenvalue weighted by molar-refractivity contribution is 0.530. The normalized spacial score (nSPS) is 12.6. The van der Waals surface area contributed by atoms with E-state index in [1.165, 1.54) is 0 Å². The average molecular weight is 428 g/mol. The second-order valence-corrected chi connectivity index (χ2v) is 9.34. The van der Waals surface area contributed by atoms with Crippen molar-refractivity contribution in [2.75, 3.05) is 0 Å². The van der Waals surface area contributed by atoms with Crippen LogP contribution in [0.1, 0.15) is 34.2 Å². The number of nitrogens with one attached hydrogen (secondary N) is 1. The van der Waals surface area contributed by atoms with Gasteiger partial charge in [0, 0.05) is 5.92 Å². The molecule has 4 aromatic rings. The maximum atomic E-state index is 13.4. The maximum Gasteiger partial charge on any atom is 0.241 e. The minimum Gasteiger partial charge on any atom is -0.207 e. The lowest BCUT2D eigenvalue weighted by Gasteiger charge is -2.29.